The van der Waals surface area contributed by atoms with Crippen molar-refractivity contribution in [2.75, 3.05) is 13.2 Å². The Balaban J connectivity index is 3.20. The number of aliphatic hydroxyl groups is 1. The summed E-state index contributed by atoms with van der Waals surface area (Å²) in [6.45, 7) is -0.533. The van der Waals surface area contributed by atoms with Crippen LogP contribution in [0.25, 0.3) is 0 Å². The van der Waals surface area contributed by atoms with Gasteiger partial charge in [0.15, 0.2) is 0 Å². The van der Waals surface area contributed by atoms with E-state index in [4.69, 9.17) is 10.2 Å². The summed E-state index contributed by atoms with van der Waals surface area (Å²) in [6.07, 6.45) is -0.119. The van der Waals surface area contributed by atoms with Gasteiger partial charge in [-0.15, -0.1) is 0 Å². The van der Waals surface area contributed by atoms with Crippen LogP contribution in [0.3, 0.4) is 0 Å². The third kappa shape index (κ3) is 5.04. The minimum Gasteiger partial charge on any atom is -0.481 e. The molecule has 0 fully saturated rings. The molecule has 0 aromatic carbocycles. The molecule has 5 heteroatoms. The lowest BCUT2D eigenvalue weighted by molar-refractivity contribution is -0.137. The first kappa shape index (κ1) is 8.90. The number of rotatable bonds is 4. The second kappa shape index (κ2) is 4.75. The lowest BCUT2D eigenvalue weighted by Gasteiger charge is -1.97. The fraction of sp³-hybridized carbons (Fsp3) is 0.600. The Morgan fingerprint density at radius 3 is 2.40 bits per heavy atom. The van der Waals surface area contributed by atoms with Gasteiger partial charge >= 0.3 is 5.97 Å². The summed E-state index contributed by atoms with van der Waals surface area (Å²) in [4.78, 5) is 20.1. The molecule has 1 amide bonds. The average Bonchev–Trinajstić information content (AvgIpc) is 1.87. The van der Waals surface area contributed by atoms with Crippen LogP contribution in [0, 0.1) is 0 Å². The summed E-state index contributed by atoms with van der Waals surface area (Å²) < 4.78 is 0. The highest BCUT2D eigenvalue weighted by molar-refractivity contribution is 5.77. The zero-order valence-electron chi connectivity index (χ0n) is 5.33. The summed E-state index contributed by atoms with van der Waals surface area (Å²) in [7, 11) is 0. The number of carbonyl (C=O) groups excluding carboxylic acids is 1. The van der Waals surface area contributed by atoms with E-state index in [1.54, 1.807) is 0 Å². The molecule has 0 unspecified atom stereocenters. The summed E-state index contributed by atoms with van der Waals surface area (Å²) >= 11 is 0. The van der Waals surface area contributed by atoms with Crippen molar-refractivity contribution in [3.05, 3.63) is 0 Å². The molecular formula is C5H9NO4. The first-order valence-corrected chi connectivity index (χ1v) is 2.76. The molecule has 0 atom stereocenters. The van der Waals surface area contributed by atoms with E-state index in [2.05, 4.69) is 5.32 Å². The van der Waals surface area contributed by atoms with E-state index in [1.165, 1.54) is 0 Å². The Bertz CT molecular complexity index is 134. The van der Waals surface area contributed by atoms with Crippen LogP contribution in [0.15, 0.2) is 0 Å². The molecule has 0 aliphatic carbocycles. The van der Waals surface area contributed by atoms with Gasteiger partial charge in [-0.2, -0.15) is 0 Å². The number of carbonyl (C=O) groups is 2. The number of aliphatic hydroxyl groups excluding tert-OH is 1. The lowest BCUT2D eigenvalue weighted by Crippen LogP contribution is -2.28. The number of nitrogens with one attached hydrogen (secondary N) is 1. The zero-order valence-corrected chi connectivity index (χ0v) is 5.33. The Kier molecular flexibility index (Phi) is 4.23. The normalized spacial score (nSPS) is 8.90. The van der Waals surface area contributed by atoms with Crippen LogP contribution in [0.2, 0.25) is 0 Å². The van der Waals surface area contributed by atoms with Gasteiger partial charge in [0, 0.05) is 6.54 Å². The highest BCUT2D eigenvalue weighted by atomic mass is 16.4. The van der Waals surface area contributed by atoms with Crippen LogP contribution >= 0.6 is 0 Å². The Morgan fingerprint density at radius 2 is 2.00 bits per heavy atom. The highest BCUT2D eigenvalue weighted by Gasteiger charge is 1.98. The standard InChI is InChI=1S/C5H9NO4/c7-3-4(8)6-2-1-5(9)10/h7H,1-3H2,(H,6,8)(H,9,10). The highest BCUT2D eigenvalue weighted by Crippen LogP contribution is 1.74. The first-order valence-electron chi connectivity index (χ1n) is 2.76. The Morgan fingerprint density at radius 1 is 1.40 bits per heavy atom. The van der Waals surface area contributed by atoms with Crippen LogP contribution in [0.1, 0.15) is 6.42 Å². The van der Waals surface area contributed by atoms with Crippen LogP contribution in [0.4, 0.5) is 0 Å². The van der Waals surface area contributed by atoms with Gasteiger partial charge < -0.3 is 15.5 Å². The van der Waals surface area contributed by atoms with Crippen molar-refractivity contribution in [3.63, 3.8) is 0 Å². The van der Waals surface area contributed by atoms with E-state index >= 15 is 0 Å². The van der Waals surface area contributed by atoms with Crippen LogP contribution in [-0.2, 0) is 9.59 Å². The molecule has 0 rings (SSSR count). The molecule has 0 spiro atoms. The molecule has 0 aliphatic heterocycles. The smallest absolute Gasteiger partial charge is 0.305 e. The largest absolute Gasteiger partial charge is 0.481 e. The third-order valence-corrected chi connectivity index (χ3v) is 0.805. The molecule has 10 heavy (non-hydrogen) atoms. The quantitative estimate of drug-likeness (QED) is 0.455. The van der Waals surface area contributed by atoms with Crippen molar-refractivity contribution in [3.8, 4) is 0 Å². The van der Waals surface area contributed by atoms with Gasteiger partial charge in [0.1, 0.15) is 6.61 Å². The Labute approximate surface area is 57.7 Å². The Hall–Kier alpha value is -1.10. The summed E-state index contributed by atoms with van der Waals surface area (Å²) in [5.74, 6) is -1.53. The maximum atomic E-state index is 10.2. The van der Waals surface area contributed by atoms with E-state index in [9.17, 15) is 9.59 Å². The van der Waals surface area contributed by atoms with E-state index in [-0.39, 0.29) is 13.0 Å². The number of hydrogen-bond donors (Lipinski definition) is 3. The number of carboxylic acids is 1. The summed E-state index contributed by atoms with van der Waals surface area (Å²) in [5, 5.41) is 18.4. The minimum atomic E-state index is -0.974. The fourth-order valence-electron chi connectivity index (χ4n) is 0.365. The first-order chi connectivity index (χ1) is 4.66. The molecule has 0 heterocycles. The lowest BCUT2D eigenvalue weighted by atomic mass is 10.4. The minimum absolute atomic E-state index is 0.0642. The van der Waals surface area contributed by atoms with Gasteiger partial charge in [-0.1, -0.05) is 0 Å². The van der Waals surface area contributed by atoms with Gasteiger partial charge in [0.2, 0.25) is 5.91 Å². The second-order valence-electron chi connectivity index (χ2n) is 1.65. The van der Waals surface area contributed by atoms with Gasteiger partial charge in [-0.3, -0.25) is 9.59 Å². The molecular weight excluding hydrogens is 138 g/mol. The zero-order chi connectivity index (χ0) is 7.98. The van der Waals surface area contributed by atoms with Gasteiger partial charge in [-0.05, 0) is 0 Å². The van der Waals surface area contributed by atoms with Crippen LogP contribution < -0.4 is 5.32 Å². The molecule has 0 bridgehead atoms. The molecule has 3 N–H and O–H groups in total. The van der Waals surface area contributed by atoms with Crippen molar-refractivity contribution in [1.82, 2.24) is 5.32 Å². The maximum absolute atomic E-state index is 10.2. The number of aliphatic carboxylic acids is 1. The average molecular weight is 147 g/mol. The predicted molar refractivity (Wildman–Crippen MR) is 32.3 cm³/mol. The molecule has 5 nitrogen and oxygen atoms in total. The van der Waals surface area contributed by atoms with Gasteiger partial charge in [-0.25, -0.2) is 0 Å². The molecule has 0 aliphatic rings. The van der Waals surface area contributed by atoms with Crippen LogP contribution in [0.5, 0.6) is 0 Å². The van der Waals surface area contributed by atoms with Crippen LogP contribution in [-0.4, -0.2) is 35.2 Å². The monoisotopic (exact) mass is 147 g/mol. The molecule has 0 aromatic heterocycles. The predicted octanol–water partition coefficient (Wildman–Crippen LogP) is -1.43. The molecule has 0 saturated carbocycles. The van der Waals surface area contributed by atoms with Crippen molar-refractivity contribution < 1.29 is 19.8 Å². The number of carboxylic acid groups (broad SMARTS) is 1. The summed E-state index contributed by atoms with van der Waals surface area (Å²) in [5.41, 5.74) is 0. The fourth-order valence-corrected chi connectivity index (χ4v) is 0.365. The SMILES string of the molecule is O=C(O)CCNC(=O)CO. The maximum Gasteiger partial charge on any atom is 0.305 e. The van der Waals surface area contributed by atoms with Crippen molar-refractivity contribution in [2.24, 2.45) is 0 Å². The molecule has 58 valence electrons. The van der Waals surface area contributed by atoms with Crippen molar-refractivity contribution in [2.45, 2.75) is 6.42 Å². The summed E-state index contributed by atoms with van der Waals surface area (Å²) in [6, 6.07) is 0. The van der Waals surface area contributed by atoms with Crippen molar-refractivity contribution in [1.29, 1.82) is 0 Å². The second-order valence-corrected chi connectivity index (χ2v) is 1.65. The van der Waals surface area contributed by atoms with E-state index in [0.29, 0.717) is 0 Å². The number of amides is 1. The van der Waals surface area contributed by atoms with E-state index in [0.717, 1.165) is 0 Å². The molecule has 0 aromatic rings. The number of hydrogen-bond acceptors (Lipinski definition) is 3. The molecule has 0 saturated heterocycles. The third-order valence-electron chi connectivity index (χ3n) is 0.805. The van der Waals surface area contributed by atoms with Gasteiger partial charge in [0.25, 0.3) is 0 Å². The molecule has 0 radical (unpaired) electrons. The van der Waals surface area contributed by atoms with E-state index in [1.807, 2.05) is 0 Å². The topological polar surface area (TPSA) is 86.6 Å². The van der Waals surface area contributed by atoms with Gasteiger partial charge in [0.05, 0.1) is 6.42 Å². The van der Waals surface area contributed by atoms with Crippen molar-refractivity contribution >= 4 is 11.9 Å². The van der Waals surface area contributed by atoms with E-state index < -0.39 is 18.5 Å².